The SMILES string of the molecule is COc1ccc(OC)c(NC(=O)C[C@@H]2C(=O)NCCN2C(=O)CN2CCN(c3ccccc3F)CC2)c1. The number of methoxy groups -OCH3 is 2. The van der Waals surface area contributed by atoms with Crippen LogP contribution < -0.4 is 25.0 Å². The van der Waals surface area contributed by atoms with Crippen molar-refractivity contribution in [2.24, 2.45) is 0 Å². The summed E-state index contributed by atoms with van der Waals surface area (Å²) in [6.07, 6.45) is -0.195. The smallest absolute Gasteiger partial charge is 0.243 e. The molecule has 0 radical (unpaired) electrons. The molecule has 3 amide bonds. The van der Waals surface area contributed by atoms with Gasteiger partial charge in [-0.05, 0) is 24.3 Å². The maximum atomic E-state index is 14.1. The Labute approximate surface area is 215 Å². The fourth-order valence-corrected chi connectivity index (χ4v) is 4.64. The van der Waals surface area contributed by atoms with Gasteiger partial charge in [0, 0.05) is 45.3 Å². The van der Waals surface area contributed by atoms with Crippen LogP contribution >= 0.6 is 0 Å². The first-order valence-corrected chi connectivity index (χ1v) is 12.2. The first-order chi connectivity index (χ1) is 17.9. The molecule has 2 aromatic rings. The molecule has 0 bridgehead atoms. The number of nitrogens with zero attached hydrogens (tertiary/aromatic N) is 3. The van der Waals surface area contributed by atoms with Crippen LogP contribution in [0, 0.1) is 5.82 Å². The van der Waals surface area contributed by atoms with Crippen LogP contribution in [0.25, 0.3) is 0 Å². The molecular weight excluding hydrogens is 481 g/mol. The molecule has 2 N–H and O–H groups in total. The Morgan fingerprint density at radius 3 is 2.51 bits per heavy atom. The van der Waals surface area contributed by atoms with Gasteiger partial charge in [-0.15, -0.1) is 0 Å². The molecule has 0 saturated carbocycles. The van der Waals surface area contributed by atoms with Crippen LogP contribution in [0.2, 0.25) is 0 Å². The van der Waals surface area contributed by atoms with E-state index in [9.17, 15) is 18.8 Å². The lowest BCUT2D eigenvalue weighted by Crippen LogP contribution is -2.60. The molecule has 0 aromatic heterocycles. The summed E-state index contributed by atoms with van der Waals surface area (Å²) >= 11 is 0. The Morgan fingerprint density at radius 2 is 1.81 bits per heavy atom. The average molecular weight is 514 g/mol. The van der Waals surface area contributed by atoms with Crippen LogP contribution in [0.5, 0.6) is 11.5 Å². The highest BCUT2D eigenvalue weighted by Gasteiger charge is 2.35. The van der Waals surface area contributed by atoms with Crippen LogP contribution in [0.4, 0.5) is 15.8 Å². The number of benzene rings is 2. The Morgan fingerprint density at radius 1 is 1.05 bits per heavy atom. The molecule has 0 unspecified atom stereocenters. The minimum atomic E-state index is -0.919. The van der Waals surface area contributed by atoms with Gasteiger partial charge in [0.25, 0.3) is 0 Å². The maximum Gasteiger partial charge on any atom is 0.243 e. The van der Waals surface area contributed by atoms with E-state index in [2.05, 4.69) is 10.6 Å². The highest BCUT2D eigenvalue weighted by Crippen LogP contribution is 2.29. The van der Waals surface area contributed by atoms with Crippen LogP contribution in [0.1, 0.15) is 6.42 Å². The minimum Gasteiger partial charge on any atom is -0.497 e. The Hall–Kier alpha value is -3.86. The molecule has 2 fully saturated rings. The number of rotatable bonds is 8. The van der Waals surface area contributed by atoms with Crippen LogP contribution in [0.15, 0.2) is 42.5 Å². The molecule has 2 aliphatic rings. The second-order valence-electron chi connectivity index (χ2n) is 8.93. The third kappa shape index (κ3) is 6.29. The van der Waals surface area contributed by atoms with E-state index in [0.717, 1.165) is 0 Å². The van der Waals surface area contributed by atoms with E-state index in [4.69, 9.17) is 9.47 Å². The Bertz CT molecular complexity index is 1140. The summed E-state index contributed by atoms with van der Waals surface area (Å²) in [6.45, 7) is 3.11. The predicted molar refractivity (Wildman–Crippen MR) is 136 cm³/mol. The van der Waals surface area contributed by atoms with Gasteiger partial charge in [0.15, 0.2) is 0 Å². The Balaban J connectivity index is 1.36. The number of halogens is 1. The van der Waals surface area contributed by atoms with Gasteiger partial charge >= 0.3 is 0 Å². The largest absolute Gasteiger partial charge is 0.497 e. The lowest BCUT2D eigenvalue weighted by Gasteiger charge is -2.39. The number of amides is 3. The van der Waals surface area contributed by atoms with Gasteiger partial charge in [0.2, 0.25) is 17.7 Å². The first-order valence-electron chi connectivity index (χ1n) is 12.2. The number of ether oxygens (including phenoxy) is 2. The molecule has 37 heavy (non-hydrogen) atoms. The number of carbonyl (C=O) groups is 3. The van der Waals surface area contributed by atoms with Gasteiger partial charge in [-0.3, -0.25) is 19.3 Å². The van der Waals surface area contributed by atoms with Crippen molar-refractivity contribution in [3.8, 4) is 11.5 Å². The lowest BCUT2D eigenvalue weighted by atomic mass is 10.1. The average Bonchev–Trinajstić information content (AvgIpc) is 2.90. The van der Waals surface area contributed by atoms with Crippen molar-refractivity contribution in [2.45, 2.75) is 12.5 Å². The number of anilines is 2. The quantitative estimate of drug-likeness (QED) is 0.549. The summed E-state index contributed by atoms with van der Waals surface area (Å²) in [5.74, 6) is -0.283. The van der Waals surface area contributed by atoms with E-state index in [1.165, 1.54) is 25.2 Å². The summed E-state index contributed by atoms with van der Waals surface area (Å²) in [5, 5.41) is 5.51. The fraction of sp³-hybridized carbons (Fsp3) is 0.423. The highest BCUT2D eigenvalue weighted by atomic mass is 19.1. The van der Waals surface area contributed by atoms with E-state index in [1.807, 2.05) is 9.80 Å². The maximum absolute atomic E-state index is 14.1. The van der Waals surface area contributed by atoms with E-state index < -0.39 is 11.9 Å². The van der Waals surface area contributed by atoms with Crippen molar-refractivity contribution >= 4 is 29.1 Å². The molecule has 198 valence electrons. The van der Waals surface area contributed by atoms with Crippen molar-refractivity contribution in [3.05, 3.63) is 48.3 Å². The minimum absolute atomic E-state index is 0.125. The number of hydrogen-bond donors (Lipinski definition) is 2. The number of carbonyl (C=O) groups excluding carboxylic acids is 3. The summed E-state index contributed by atoms with van der Waals surface area (Å²) in [4.78, 5) is 44.2. The third-order valence-corrected chi connectivity index (χ3v) is 6.63. The molecule has 4 rings (SSSR count). The zero-order chi connectivity index (χ0) is 26.4. The van der Waals surface area contributed by atoms with Gasteiger partial charge in [0.1, 0.15) is 23.4 Å². The van der Waals surface area contributed by atoms with Crippen LogP contribution in [-0.2, 0) is 14.4 Å². The topological polar surface area (TPSA) is 103 Å². The summed E-state index contributed by atoms with van der Waals surface area (Å²) in [6, 6.07) is 10.7. The molecule has 2 heterocycles. The van der Waals surface area contributed by atoms with Crippen molar-refractivity contribution in [1.82, 2.24) is 15.1 Å². The fourth-order valence-electron chi connectivity index (χ4n) is 4.64. The van der Waals surface area contributed by atoms with Crippen molar-refractivity contribution in [3.63, 3.8) is 0 Å². The van der Waals surface area contributed by atoms with Crippen molar-refractivity contribution < 1.29 is 28.2 Å². The molecular formula is C26H32FN5O5. The van der Waals surface area contributed by atoms with Crippen LogP contribution in [0.3, 0.4) is 0 Å². The number of hydrogen-bond acceptors (Lipinski definition) is 7. The van der Waals surface area contributed by atoms with Gasteiger partial charge < -0.3 is 29.9 Å². The summed E-state index contributed by atoms with van der Waals surface area (Å²) in [7, 11) is 3.01. The molecule has 2 aromatic carbocycles. The Kier molecular flexibility index (Phi) is 8.44. The third-order valence-electron chi connectivity index (χ3n) is 6.63. The molecule has 10 nitrogen and oxygen atoms in total. The number of nitrogens with one attached hydrogen (secondary N) is 2. The van der Waals surface area contributed by atoms with Gasteiger partial charge in [-0.1, -0.05) is 12.1 Å². The molecule has 2 saturated heterocycles. The zero-order valence-corrected chi connectivity index (χ0v) is 21.0. The molecule has 2 aliphatic heterocycles. The van der Waals surface area contributed by atoms with Gasteiger partial charge in [0.05, 0.1) is 38.6 Å². The van der Waals surface area contributed by atoms with E-state index >= 15 is 0 Å². The van der Waals surface area contributed by atoms with E-state index in [1.54, 1.807) is 36.4 Å². The molecule has 0 aliphatic carbocycles. The van der Waals surface area contributed by atoms with Crippen molar-refractivity contribution in [1.29, 1.82) is 0 Å². The normalized spacial score (nSPS) is 18.2. The van der Waals surface area contributed by atoms with Crippen molar-refractivity contribution in [2.75, 3.05) is 70.2 Å². The molecule has 11 heteroatoms. The number of para-hydroxylation sites is 1. The lowest BCUT2D eigenvalue weighted by molar-refractivity contribution is -0.145. The predicted octanol–water partition coefficient (Wildman–Crippen LogP) is 1.32. The van der Waals surface area contributed by atoms with E-state index in [0.29, 0.717) is 62.1 Å². The number of piperazine rings is 2. The molecule has 1 atom stereocenters. The summed E-state index contributed by atoms with van der Waals surface area (Å²) in [5.41, 5.74) is 0.966. The zero-order valence-electron chi connectivity index (χ0n) is 21.0. The standard InChI is InChI=1S/C26H32FN5O5/c1-36-18-7-8-23(37-2)20(15-18)29-24(33)16-22-26(35)28-9-10-32(22)25(34)17-30-11-13-31(14-12-30)21-6-4-3-5-19(21)27/h3-8,15,22H,9-14,16-17H2,1-2H3,(H,28,35)(H,29,33)/t22-/m1/s1. The molecule has 0 spiro atoms. The second-order valence-corrected chi connectivity index (χ2v) is 8.93. The van der Waals surface area contributed by atoms with Gasteiger partial charge in [-0.25, -0.2) is 4.39 Å². The first kappa shape index (κ1) is 26.2. The highest BCUT2D eigenvalue weighted by molar-refractivity contribution is 5.98. The van der Waals surface area contributed by atoms with Crippen LogP contribution in [-0.4, -0.2) is 93.6 Å². The monoisotopic (exact) mass is 513 g/mol. The van der Waals surface area contributed by atoms with Gasteiger partial charge in [-0.2, -0.15) is 0 Å². The second kappa shape index (κ2) is 11.9. The van der Waals surface area contributed by atoms with E-state index in [-0.39, 0.29) is 30.6 Å². The summed E-state index contributed by atoms with van der Waals surface area (Å²) < 4.78 is 24.6.